The number of hydrogen-bond donors (Lipinski definition) is 1. The van der Waals surface area contributed by atoms with Crippen molar-refractivity contribution in [2.75, 3.05) is 11.9 Å². The second-order valence-electron chi connectivity index (χ2n) is 5.88. The maximum Gasteiger partial charge on any atom is 0.266 e. The van der Waals surface area contributed by atoms with Crippen molar-refractivity contribution in [2.45, 2.75) is 26.7 Å². The molecule has 0 fully saturated rings. The molecule has 5 heteroatoms. The van der Waals surface area contributed by atoms with Crippen LogP contribution in [0.2, 0.25) is 5.02 Å². The molecule has 26 heavy (non-hydrogen) atoms. The Morgan fingerprint density at radius 1 is 1.31 bits per heavy atom. The van der Waals surface area contributed by atoms with Gasteiger partial charge in [-0.3, -0.25) is 4.79 Å². The Morgan fingerprint density at radius 2 is 2.12 bits per heavy atom. The summed E-state index contributed by atoms with van der Waals surface area (Å²) in [4.78, 5) is 12.4. The van der Waals surface area contributed by atoms with Crippen LogP contribution in [-0.4, -0.2) is 12.5 Å². The van der Waals surface area contributed by atoms with Gasteiger partial charge in [0.15, 0.2) is 0 Å². The highest BCUT2D eigenvalue weighted by atomic mass is 35.5. The summed E-state index contributed by atoms with van der Waals surface area (Å²) >= 11 is 6.06. The number of unbranched alkanes of at least 4 members (excludes halogenated alkanes) is 1. The number of nitriles is 1. The predicted molar refractivity (Wildman–Crippen MR) is 105 cm³/mol. The summed E-state index contributed by atoms with van der Waals surface area (Å²) in [6, 6.07) is 14.5. The van der Waals surface area contributed by atoms with E-state index in [1.54, 1.807) is 24.3 Å². The van der Waals surface area contributed by atoms with Crippen molar-refractivity contribution in [3.05, 3.63) is 64.2 Å². The quantitative estimate of drug-likeness (QED) is 0.405. The number of aryl methyl sites for hydroxylation is 1. The highest BCUT2D eigenvalue weighted by Crippen LogP contribution is 2.26. The van der Waals surface area contributed by atoms with E-state index in [2.05, 4.69) is 12.2 Å². The molecule has 1 amide bonds. The summed E-state index contributed by atoms with van der Waals surface area (Å²) in [5, 5.41) is 12.7. The van der Waals surface area contributed by atoms with E-state index in [4.69, 9.17) is 16.3 Å². The predicted octanol–water partition coefficient (Wildman–Crippen LogP) is 5.37. The average molecular weight is 369 g/mol. The van der Waals surface area contributed by atoms with E-state index < -0.39 is 5.91 Å². The van der Waals surface area contributed by atoms with Crippen molar-refractivity contribution in [2.24, 2.45) is 0 Å². The van der Waals surface area contributed by atoms with Crippen LogP contribution in [0.3, 0.4) is 0 Å². The smallest absolute Gasteiger partial charge is 0.266 e. The highest BCUT2D eigenvalue weighted by Gasteiger charge is 2.12. The molecule has 0 atom stereocenters. The van der Waals surface area contributed by atoms with Crippen molar-refractivity contribution in [3.63, 3.8) is 0 Å². The van der Waals surface area contributed by atoms with E-state index >= 15 is 0 Å². The first-order valence-corrected chi connectivity index (χ1v) is 8.83. The first-order valence-electron chi connectivity index (χ1n) is 8.45. The lowest BCUT2D eigenvalue weighted by Gasteiger charge is -2.10. The molecular weight excluding hydrogens is 348 g/mol. The minimum absolute atomic E-state index is 0.0193. The van der Waals surface area contributed by atoms with Gasteiger partial charge in [-0.05, 0) is 55.3 Å². The molecule has 0 saturated heterocycles. The molecule has 0 bridgehead atoms. The minimum atomic E-state index is -0.474. The van der Waals surface area contributed by atoms with Crippen molar-refractivity contribution in [1.82, 2.24) is 0 Å². The molecule has 2 aromatic carbocycles. The fourth-order valence-electron chi connectivity index (χ4n) is 2.32. The molecule has 0 radical (unpaired) electrons. The van der Waals surface area contributed by atoms with Gasteiger partial charge in [-0.2, -0.15) is 5.26 Å². The van der Waals surface area contributed by atoms with Gasteiger partial charge >= 0.3 is 0 Å². The van der Waals surface area contributed by atoms with Crippen LogP contribution in [0.1, 0.15) is 30.9 Å². The van der Waals surface area contributed by atoms with E-state index in [9.17, 15) is 10.1 Å². The summed E-state index contributed by atoms with van der Waals surface area (Å²) in [7, 11) is 0. The Balaban J connectivity index is 2.25. The molecule has 0 aliphatic heterocycles. The number of nitrogens with zero attached hydrogens (tertiary/aromatic N) is 1. The third kappa shape index (κ3) is 5.65. The zero-order valence-electron chi connectivity index (χ0n) is 14.9. The number of carbonyl (C=O) groups excluding carboxylic acids is 1. The molecule has 0 aliphatic rings. The highest BCUT2D eigenvalue weighted by molar-refractivity contribution is 6.30. The number of ether oxygens (including phenoxy) is 1. The monoisotopic (exact) mass is 368 g/mol. The van der Waals surface area contributed by atoms with Gasteiger partial charge in [0.1, 0.15) is 17.4 Å². The number of hydrogen-bond acceptors (Lipinski definition) is 3. The van der Waals surface area contributed by atoms with E-state index in [1.165, 1.54) is 6.08 Å². The van der Waals surface area contributed by atoms with Crippen molar-refractivity contribution in [3.8, 4) is 11.8 Å². The Kier molecular flexibility index (Phi) is 7.25. The molecule has 0 unspecified atom stereocenters. The van der Waals surface area contributed by atoms with Crippen LogP contribution in [0.25, 0.3) is 6.08 Å². The fourth-order valence-corrected chi connectivity index (χ4v) is 2.50. The Morgan fingerprint density at radius 3 is 2.81 bits per heavy atom. The van der Waals surface area contributed by atoms with Crippen LogP contribution in [0.5, 0.6) is 5.75 Å². The standard InChI is InChI=1S/C21H21ClN2O2/c1-3-4-10-26-20-9-8-18(22)13-16(20)12-17(14-23)21(25)24-19-7-5-6-15(2)11-19/h5-9,11-13H,3-4,10H2,1-2H3,(H,24,25)/b17-12+. The number of anilines is 1. The molecular formula is C21H21ClN2O2. The summed E-state index contributed by atoms with van der Waals surface area (Å²) in [5.74, 6) is 0.122. The molecule has 0 saturated carbocycles. The van der Waals surface area contributed by atoms with Gasteiger partial charge in [0.2, 0.25) is 0 Å². The van der Waals surface area contributed by atoms with Gasteiger partial charge in [0.05, 0.1) is 6.61 Å². The first-order chi connectivity index (χ1) is 12.5. The molecule has 0 spiro atoms. The van der Waals surface area contributed by atoms with E-state index in [0.29, 0.717) is 28.6 Å². The second kappa shape index (κ2) is 9.65. The second-order valence-corrected chi connectivity index (χ2v) is 6.31. The Bertz CT molecular complexity index is 853. The van der Waals surface area contributed by atoms with Gasteiger partial charge in [-0.15, -0.1) is 0 Å². The Labute approximate surface area is 159 Å². The summed E-state index contributed by atoms with van der Waals surface area (Å²) in [5.41, 5.74) is 2.24. The lowest BCUT2D eigenvalue weighted by molar-refractivity contribution is -0.112. The summed E-state index contributed by atoms with van der Waals surface area (Å²) in [6.07, 6.45) is 3.43. The molecule has 134 valence electrons. The summed E-state index contributed by atoms with van der Waals surface area (Å²) in [6.45, 7) is 4.58. The maximum atomic E-state index is 12.4. The number of rotatable bonds is 7. The SMILES string of the molecule is CCCCOc1ccc(Cl)cc1/C=C(\C#N)C(=O)Nc1cccc(C)c1. The molecule has 1 N–H and O–H groups in total. The van der Waals surface area contributed by atoms with E-state index in [-0.39, 0.29) is 5.57 Å². The Hall–Kier alpha value is -2.77. The van der Waals surface area contributed by atoms with E-state index in [0.717, 1.165) is 18.4 Å². The lowest BCUT2D eigenvalue weighted by Crippen LogP contribution is -2.13. The number of amides is 1. The van der Waals surface area contributed by atoms with E-state index in [1.807, 2.05) is 31.2 Å². The van der Waals surface area contributed by atoms with Crippen LogP contribution in [0.4, 0.5) is 5.69 Å². The molecule has 2 rings (SSSR count). The normalized spacial score (nSPS) is 10.9. The zero-order chi connectivity index (χ0) is 18.9. The third-order valence-electron chi connectivity index (χ3n) is 3.67. The van der Waals surface area contributed by atoms with Gasteiger partial charge in [0.25, 0.3) is 5.91 Å². The largest absolute Gasteiger partial charge is 0.493 e. The van der Waals surface area contributed by atoms with Crippen LogP contribution in [0.15, 0.2) is 48.0 Å². The van der Waals surface area contributed by atoms with Crippen molar-refractivity contribution in [1.29, 1.82) is 5.26 Å². The number of benzene rings is 2. The van der Waals surface area contributed by atoms with Crippen molar-refractivity contribution >= 4 is 29.3 Å². The van der Waals surface area contributed by atoms with Gasteiger partial charge < -0.3 is 10.1 Å². The van der Waals surface area contributed by atoms with Crippen LogP contribution in [-0.2, 0) is 4.79 Å². The van der Waals surface area contributed by atoms with Gasteiger partial charge in [-0.25, -0.2) is 0 Å². The maximum absolute atomic E-state index is 12.4. The molecule has 0 heterocycles. The van der Waals surface area contributed by atoms with Crippen LogP contribution in [0, 0.1) is 18.3 Å². The molecule has 2 aromatic rings. The molecule has 4 nitrogen and oxygen atoms in total. The van der Waals surface area contributed by atoms with Gasteiger partial charge in [0, 0.05) is 16.3 Å². The van der Waals surface area contributed by atoms with Gasteiger partial charge in [-0.1, -0.05) is 37.1 Å². The average Bonchev–Trinajstić information content (AvgIpc) is 2.61. The number of halogens is 1. The number of carbonyl (C=O) groups is 1. The minimum Gasteiger partial charge on any atom is -0.493 e. The zero-order valence-corrected chi connectivity index (χ0v) is 15.6. The molecule has 0 aromatic heterocycles. The number of nitrogens with one attached hydrogen (secondary N) is 1. The van der Waals surface area contributed by atoms with Crippen molar-refractivity contribution < 1.29 is 9.53 Å². The summed E-state index contributed by atoms with van der Waals surface area (Å²) < 4.78 is 5.75. The van der Waals surface area contributed by atoms with Crippen LogP contribution >= 0.6 is 11.6 Å². The molecule has 0 aliphatic carbocycles. The third-order valence-corrected chi connectivity index (χ3v) is 3.90. The lowest BCUT2D eigenvalue weighted by atomic mass is 10.1. The topological polar surface area (TPSA) is 62.1 Å². The first kappa shape index (κ1) is 19.6. The fraction of sp³-hybridized carbons (Fsp3) is 0.238. The van der Waals surface area contributed by atoms with Crippen LogP contribution < -0.4 is 10.1 Å².